The van der Waals surface area contributed by atoms with Gasteiger partial charge in [-0.15, -0.1) is 11.8 Å². The molecule has 0 aromatic heterocycles. The summed E-state index contributed by atoms with van der Waals surface area (Å²) < 4.78 is 38.9. The van der Waals surface area contributed by atoms with Gasteiger partial charge in [0.2, 0.25) is 5.91 Å². The Bertz CT molecular complexity index is 663. The van der Waals surface area contributed by atoms with Crippen molar-refractivity contribution in [1.82, 2.24) is 0 Å². The number of rotatable bonds is 4. The van der Waals surface area contributed by atoms with Gasteiger partial charge in [-0.3, -0.25) is 4.79 Å². The molecule has 1 amide bonds. The molecule has 0 radical (unpaired) electrons. The fourth-order valence-corrected chi connectivity index (χ4v) is 2.51. The highest BCUT2D eigenvalue weighted by Gasteiger charge is 2.15. The van der Waals surface area contributed by atoms with Crippen LogP contribution in [0.5, 0.6) is 0 Å². The van der Waals surface area contributed by atoms with Crippen LogP contribution in [0, 0.1) is 17.5 Å². The second-order valence-corrected chi connectivity index (χ2v) is 5.75. The summed E-state index contributed by atoms with van der Waals surface area (Å²) in [6, 6.07) is 8.96. The molecule has 2 aromatic carbocycles. The molecule has 0 bridgehead atoms. The average molecular weight is 311 g/mol. The van der Waals surface area contributed by atoms with Gasteiger partial charge in [-0.25, -0.2) is 13.2 Å². The van der Waals surface area contributed by atoms with E-state index in [9.17, 15) is 18.0 Å². The van der Waals surface area contributed by atoms with Crippen LogP contribution in [0.4, 0.5) is 18.9 Å². The van der Waals surface area contributed by atoms with Crippen molar-refractivity contribution >= 4 is 23.4 Å². The van der Waals surface area contributed by atoms with Gasteiger partial charge in [0.1, 0.15) is 5.82 Å². The van der Waals surface area contributed by atoms with E-state index in [1.165, 1.54) is 24.3 Å². The molecule has 2 nitrogen and oxygen atoms in total. The minimum absolute atomic E-state index is 0.345. The van der Waals surface area contributed by atoms with Crippen LogP contribution in [0.25, 0.3) is 0 Å². The van der Waals surface area contributed by atoms with Gasteiger partial charge in [-0.05, 0) is 43.3 Å². The average Bonchev–Trinajstić information content (AvgIpc) is 2.43. The van der Waals surface area contributed by atoms with Crippen LogP contribution in [0.15, 0.2) is 47.4 Å². The molecule has 110 valence electrons. The molecule has 0 spiro atoms. The van der Waals surface area contributed by atoms with Crippen molar-refractivity contribution in [2.24, 2.45) is 0 Å². The zero-order chi connectivity index (χ0) is 15.4. The summed E-state index contributed by atoms with van der Waals surface area (Å²) in [7, 11) is 0. The van der Waals surface area contributed by atoms with E-state index in [-0.39, 0.29) is 5.91 Å². The van der Waals surface area contributed by atoms with E-state index < -0.39 is 22.7 Å². The summed E-state index contributed by atoms with van der Waals surface area (Å²) >= 11 is 1.09. The van der Waals surface area contributed by atoms with Crippen LogP contribution >= 0.6 is 11.8 Å². The molecule has 2 rings (SSSR count). The first-order chi connectivity index (χ1) is 9.95. The van der Waals surface area contributed by atoms with Gasteiger partial charge in [-0.1, -0.05) is 6.07 Å². The third-order valence-electron chi connectivity index (χ3n) is 2.67. The van der Waals surface area contributed by atoms with Crippen molar-refractivity contribution in [2.45, 2.75) is 17.1 Å². The summed E-state index contributed by atoms with van der Waals surface area (Å²) in [5.74, 6) is -2.70. The number of halogens is 3. The summed E-state index contributed by atoms with van der Waals surface area (Å²) in [5.41, 5.74) is 0.345. The van der Waals surface area contributed by atoms with Crippen LogP contribution in [0.2, 0.25) is 0 Å². The van der Waals surface area contributed by atoms with E-state index in [4.69, 9.17) is 0 Å². The minimum Gasteiger partial charge on any atom is -0.325 e. The first-order valence-electron chi connectivity index (χ1n) is 6.14. The molecule has 0 aliphatic carbocycles. The quantitative estimate of drug-likeness (QED) is 0.856. The number of nitrogens with one attached hydrogen (secondary N) is 1. The predicted octanol–water partition coefficient (Wildman–Crippen LogP) is 4.22. The van der Waals surface area contributed by atoms with Crippen molar-refractivity contribution in [3.05, 3.63) is 59.9 Å². The van der Waals surface area contributed by atoms with Crippen LogP contribution in [0.3, 0.4) is 0 Å². The second-order valence-electron chi connectivity index (χ2n) is 4.34. The number of anilines is 1. The van der Waals surface area contributed by atoms with Crippen LogP contribution in [-0.2, 0) is 4.79 Å². The summed E-state index contributed by atoms with van der Waals surface area (Å²) in [4.78, 5) is 12.4. The number of hydrogen-bond acceptors (Lipinski definition) is 2. The van der Waals surface area contributed by atoms with E-state index in [2.05, 4.69) is 5.32 Å². The van der Waals surface area contributed by atoms with E-state index >= 15 is 0 Å². The zero-order valence-electron chi connectivity index (χ0n) is 11.1. The fourth-order valence-electron chi connectivity index (χ4n) is 1.62. The second kappa shape index (κ2) is 6.67. The number of carbonyl (C=O) groups excluding carboxylic acids is 1. The molecule has 1 N–H and O–H groups in total. The lowest BCUT2D eigenvalue weighted by atomic mass is 10.3. The number of carbonyl (C=O) groups is 1. The Kier molecular flexibility index (Phi) is 4.90. The van der Waals surface area contributed by atoms with Crippen LogP contribution in [-0.4, -0.2) is 11.2 Å². The molecule has 0 fully saturated rings. The van der Waals surface area contributed by atoms with Gasteiger partial charge in [0.15, 0.2) is 11.6 Å². The molecule has 2 aromatic rings. The minimum atomic E-state index is -0.960. The van der Waals surface area contributed by atoms with Crippen LogP contribution < -0.4 is 5.32 Å². The molecule has 0 saturated carbocycles. The Morgan fingerprint density at radius 1 is 1.10 bits per heavy atom. The van der Waals surface area contributed by atoms with Crippen LogP contribution in [0.1, 0.15) is 6.92 Å². The van der Waals surface area contributed by atoms with Crippen molar-refractivity contribution in [2.75, 3.05) is 5.32 Å². The smallest absolute Gasteiger partial charge is 0.237 e. The standard InChI is InChI=1S/C15H12F3NOS/c1-9(21-12-5-6-13(17)14(18)8-12)15(20)19-11-4-2-3-10(16)7-11/h2-9H,1H3,(H,19,20)/t9-/m0/s1. The molecule has 1 atom stereocenters. The first-order valence-corrected chi connectivity index (χ1v) is 7.02. The Hall–Kier alpha value is -1.95. The third kappa shape index (κ3) is 4.26. The molecular weight excluding hydrogens is 299 g/mol. The number of amides is 1. The monoisotopic (exact) mass is 311 g/mol. The molecule has 0 aliphatic rings. The maximum Gasteiger partial charge on any atom is 0.237 e. The topological polar surface area (TPSA) is 29.1 Å². The van der Waals surface area contributed by atoms with Gasteiger partial charge >= 0.3 is 0 Å². The predicted molar refractivity (Wildman–Crippen MR) is 76.7 cm³/mol. The Morgan fingerprint density at radius 3 is 2.52 bits per heavy atom. The van der Waals surface area contributed by atoms with E-state index in [0.29, 0.717) is 10.6 Å². The summed E-state index contributed by atoms with van der Waals surface area (Å²) in [6.07, 6.45) is 0. The highest BCUT2D eigenvalue weighted by atomic mass is 32.2. The maximum atomic E-state index is 13.1. The third-order valence-corrected chi connectivity index (χ3v) is 3.76. The van der Waals surface area contributed by atoms with Gasteiger partial charge in [0, 0.05) is 10.6 Å². The van der Waals surface area contributed by atoms with E-state index in [1.807, 2.05) is 0 Å². The van der Waals surface area contributed by atoms with Gasteiger partial charge in [0.05, 0.1) is 5.25 Å². The molecule has 6 heteroatoms. The zero-order valence-corrected chi connectivity index (χ0v) is 11.9. The number of hydrogen-bond donors (Lipinski definition) is 1. The highest BCUT2D eigenvalue weighted by molar-refractivity contribution is 8.00. The molecule has 0 unspecified atom stereocenters. The maximum absolute atomic E-state index is 13.1. The summed E-state index contributed by atoms with van der Waals surface area (Å²) in [5, 5.41) is 2.02. The lowest BCUT2D eigenvalue weighted by Gasteiger charge is -2.12. The number of thioether (sulfide) groups is 1. The highest BCUT2D eigenvalue weighted by Crippen LogP contribution is 2.25. The lowest BCUT2D eigenvalue weighted by molar-refractivity contribution is -0.115. The van der Waals surface area contributed by atoms with Gasteiger partial charge in [0.25, 0.3) is 0 Å². The lowest BCUT2D eigenvalue weighted by Crippen LogP contribution is -2.22. The number of benzene rings is 2. The largest absolute Gasteiger partial charge is 0.325 e. The normalized spacial score (nSPS) is 12.0. The molecule has 0 aliphatic heterocycles. The van der Waals surface area contributed by atoms with Crippen molar-refractivity contribution < 1.29 is 18.0 Å². The Balaban J connectivity index is 2.00. The van der Waals surface area contributed by atoms with Crippen molar-refractivity contribution in [3.8, 4) is 0 Å². The van der Waals surface area contributed by atoms with Gasteiger partial charge in [-0.2, -0.15) is 0 Å². The van der Waals surface area contributed by atoms with Crippen molar-refractivity contribution in [1.29, 1.82) is 0 Å². The van der Waals surface area contributed by atoms with Gasteiger partial charge < -0.3 is 5.32 Å². The first kappa shape index (κ1) is 15.4. The molecular formula is C15H12F3NOS. The SMILES string of the molecule is C[C@H](Sc1ccc(F)c(F)c1)C(=O)Nc1cccc(F)c1. The Labute approximate surface area is 124 Å². The Morgan fingerprint density at radius 2 is 1.86 bits per heavy atom. The van der Waals surface area contributed by atoms with E-state index in [1.54, 1.807) is 13.0 Å². The fraction of sp³-hybridized carbons (Fsp3) is 0.133. The molecule has 0 heterocycles. The van der Waals surface area contributed by atoms with Crippen molar-refractivity contribution in [3.63, 3.8) is 0 Å². The van der Waals surface area contributed by atoms with E-state index in [0.717, 1.165) is 23.9 Å². The summed E-state index contributed by atoms with van der Waals surface area (Å²) in [6.45, 7) is 1.63. The molecule has 21 heavy (non-hydrogen) atoms. The molecule has 0 saturated heterocycles.